The molecule has 9 nitrogen and oxygen atoms in total. The second-order valence-corrected chi connectivity index (χ2v) is 12.4. The van der Waals surface area contributed by atoms with Crippen LogP contribution in [-0.4, -0.2) is 80.9 Å². The monoisotopic (exact) mass is 569 g/mol. The van der Waals surface area contributed by atoms with Gasteiger partial charge in [0.2, 0.25) is 15.6 Å². The van der Waals surface area contributed by atoms with E-state index in [-0.39, 0.29) is 16.3 Å². The van der Waals surface area contributed by atoms with Gasteiger partial charge in [0.15, 0.2) is 0 Å². The predicted molar refractivity (Wildman–Crippen MR) is 154 cm³/mol. The lowest BCUT2D eigenvalue weighted by atomic mass is 10.1. The van der Waals surface area contributed by atoms with Gasteiger partial charge in [0.1, 0.15) is 5.82 Å². The zero-order valence-corrected chi connectivity index (χ0v) is 23.4. The lowest BCUT2D eigenvalue weighted by Gasteiger charge is -2.36. The van der Waals surface area contributed by atoms with E-state index in [0.717, 1.165) is 58.4 Å². The van der Waals surface area contributed by atoms with Crippen LogP contribution < -0.4 is 15.8 Å². The topological polar surface area (TPSA) is 106 Å². The zero-order chi connectivity index (χ0) is 28.1. The van der Waals surface area contributed by atoms with Crippen LogP contribution in [0.2, 0.25) is 0 Å². The van der Waals surface area contributed by atoms with Gasteiger partial charge in [-0.1, -0.05) is 25.0 Å². The molecule has 2 saturated heterocycles. The molecule has 40 heavy (non-hydrogen) atoms. The van der Waals surface area contributed by atoms with E-state index in [1.54, 1.807) is 18.2 Å². The number of benzene rings is 2. The maximum atomic E-state index is 14.1. The summed E-state index contributed by atoms with van der Waals surface area (Å²) in [4.78, 5) is 32.5. The molecule has 2 aliphatic rings. The molecular formula is C29H36FN5O4S. The van der Waals surface area contributed by atoms with Crippen molar-refractivity contribution in [2.45, 2.75) is 37.0 Å². The van der Waals surface area contributed by atoms with Crippen LogP contribution in [0.5, 0.6) is 0 Å². The number of H-pyrrole nitrogens is 1. The minimum Gasteiger partial charge on any atom is -0.367 e. The molecule has 3 aromatic rings. The molecule has 0 unspecified atom stereocenters. The average Bonchev–Trinajstić information content (AvgIpc) is 3.26. The summed E-state index contributed by atoms with van der Waals surface area (Å²) in [7, 11) is -3.71. The standard InChI is InChI=1S/C29H36FN5O4S/c30-25-8-3-4-9-27(25)34-18-16-33(17-19-34)13-7-12-31-29(37)24-21-28(36)32-26-11-10-22(20-23(24)26)40(38,39)35-14-5-1-2-6-15-35/h3-4,8-11,20-21H,1-2,5-7,12-19H2,(H,31,37)(H,32,36). The number of nitrogens with zero attached hydrogens (tertiary/aromatic N) is 3. The second-order valence-electron chi connectivity index (χ2n) is 10.5. The Hall–Kier alpha value is -3.28. The fraction of sp³-hybridized carbons (Fsp3) is 0.448. The van der Waals surface area contributed by atoms with Gasteiger partial charge in [-0.05, 0) is 56.1 Å². The van der Waals surface area contributed by atoms with E-state index in [2.05, 4.69) is 15.2 Å². The highest BCUT2D eigenvalue weighted by Gasteiger charge is 2.26. The number of hydrogen-bond acceptors (Lipinski definition) is 6. The number of hydrogen-bond donors (Lipinski definition) is 2. The molecule has 1 aromatic heterocycles. The molecule has 0 saturated carbocycles. The van der Waals surface area contributed by atoms with Gasteiger partial charge < -0.3 is 15.2 Å². The Kier molecular flexibility index (Phi) is 8.82. The van der Waals surface area contributed by atoms with Gasteiger partial charge in [-0.2, -0.15) is 4.31 Å². The van der Waals surface area contributed by atoms with E-state index in [0.29, 0.717) is 42.6 Å². The van der Waals surface area contributed by atoms with Gasteiger partial charge in [-0.15, -0.1) is 0 Å². The minimum atomic E-state index is -3.71. The Morgan fingerprint density at radius 1 is 0.925 bits per heavy atom. The van der Waals surface area contributed by atoms with Gasteiger partial charge in [-0.3, -0.25) is 14.5 Å². The molecule has 2 aromatic carbocycles. The largest absolute Gasteiger partial charge is 0.367 e. The Bertz CT molecular complexity index is 1510. The number of carbonyl (C=O) groups excluding carboxylic acids is 1. The first kappa shape index (κ1) is 28.3. The third-order valence-electron chi connectivity index (χ3n) is 7.76. The van der Waals surface area contributed by atoms with E-state index in [4.69, 9.17) is 0 Å². The predicted octanol–water partition coefficient (Wildman–Crippen LogP) is 3.17. The Morgan fingerprint density at radius 3 is 2.38 bits per heavy atom. The SMILES string of the molecule is O=C(NCCCN1CCN(c2ccccc2F)CC1)c1cc(=O)[nH]c2ccc(S(=O)(=O)N3CCCCCC3)cc12. The van der Waals surface area contributed by atoms with Crippen molar-refractivity contribution in [2.75, 3.05) is 57.3 Å². The highest BCUT2D eigenvalue weighted by atomic mass is 32.2. The summed E-state index contributed by atoms with van der Waals surface area (Å²) in [6.45, 7) is 5.22. The van der Waals surface area contributed by atoms with E-state index in [9.17, 15) is 22.4 Å². The number of anilines is 1. The Balaban J connectivity index is 1.20. The van der Waals surface area contributed by atoms with Gasteiger partial charge in [0.05, 0.1) is 16.1 Å². The molecule has 2 aliphatic heterocycles. The van der Waals surface area contributed by atoms with E-state index in [1.165, 1.54) is 28.6 Å². The Labute approximate surface area is 234 Å². The maximum absolute atomic E-state index is 14.1. The summed E-state index contributed by atoms with van der Waals surface area (Å²) < 4.78 is 42.3. The first-order valence-electron chi connectivity index (χ1n) is 14.0. The van der Waals surface area contributed by atoms with E-state index in [1.807, 2.05) is 11.0 Å². The normalized spacial score (nSPS) is 17.6. The number of rotatable bonds is 8. The number of fused-ring (bicyclic) bond motifs is 1. The molecule has 0 bridgehead atoms. The first-order valence-corrected chi connectivity index (χ1v) is 15.4. The maximum Gasteiger partial charge on any atom is 0.252 e. The third-order valence-corrected chi connectivity index (χ3v) is 9.66. The lowest BCUT2D eigenvalue weighted by molar-refractivity contribution is 0.0953. The first-order chi connectivity index (χ1) is 19.3. The highest BCUT2D eigenvalue weighted by molar-refractivity contribution is 7.89. The number of para-hydroxylation sites is 1. The number of aromatic nitrogens is 1. The number of pyridine rings is 1. The van der Waals surface area contributed by atoms with Gasteiger partial charge >= 0.3 is 0 Å². The summed E-state index contributed by atoms with van der Waals surface area (Å²) in [6.07, 6.45) is 4.39. The number of piperazine rings is 1. The molecule has 0 radical (unpaired) electrons. The van der Waals surface area contributed by atoms with Crippen molar-refractivity contribution in [2.24, 2.45) is 0 Å². The Morgan fingerprint density at radius 2 is 1.65 bits per heavy atom. The van der Waals surface area contributed by atoms with Gasteiger partial charge in [0, 0.05) is 62.8 Å². The number of sulfonamides is 1. The molecule has 3 heterocycles. The summed E-state index contributed by atoms with van der Waals surface area (Å²) in [5.41, 5.74) is 0.778. The molecule has 11 heteroatoms. The molecule has 1 amide bonds. The number of aromatic amines is 1. The summed E-state index contributed by atoms with van der Waals surface area (Å²) >= 11 is 0. The average molecular weight is 570 g/mol. The molecule has 2 fully saturated rings. The van der Waals surface area contributed by atoms with Crippen LogP contribution in [0.15, 0.2) is 58.2 Å². The zero-order valence-electron chi connectivity index (χ0n) is 22.6. The minimum absolute atomic E-state index is 0.123. The van der Waals surface area contributed by atoms with Crippen LogP contribution in [-0.2, 0) is 10.0 Å². The number of carbonyl (C=O) groups is 1. The van der Waals surface area contributed by atoms with Crippen molar-refractivity contribution in [3.05, 3.63) is 70.3 Å². The van der Waals surface area contributed by atoms with Crippen LogP contribution >= 0.6 is 0 Å². The van der Waals surface area contributed by atoms with Gasteiger partial charge in [-0.25, -0.2) is 12.8 Å². The highest BCUT2D eigenvalue weighted by Crippen LogP contribution is 2.25. The molecular weight excluding hydrogens is 533 g/mol. The second kappa shape index (κ2) is 12.5. The summed E-state index contributed by atoms with van der Waals surface area (Å²) in [5, 5.41) is 3.29. The van der Waals surface area contributed by atoms with Crippen LogP contribution in [0.4, 0.5) is 10.1 Å². The van der Waals surface area contributed by atoms with E-state index >= 15 is 0 Å². The summed E-state index contributed by atoms with van der Waals surface area (Å²) in [6, 6.07) is 12.6. The van der Waals surface area contributed by atoms with Crippen molar-refractivity contribution in [1.82, 2.24) is 19.5 Å². The smallest absolute Gasteiger partial charge is 0.252 e. The fourth-order valence-electron chi connectivity index (χ4n) is 5.53. The molecule has 5 rings (SSSR count). The van der Waals surface area contributed by atoms with Crippen LogP contribution in [0.1, 0.15) is 42.5 Å². The fourth-order valence-corrected chi connectivity index (χ4v) is 7.08. The summed E-state index contributed by atoms with van der Waals surface area (Å²) in [5.74, 6) is -0.623. The van der Waals surface area contributed by atoms with Gasteiger partial charge in [0.25, 0.3) is 5.91 Å². The lowest BCUT2D eigenvalue weighted by Crippen LogP contribution is -2.47. The molecule has 214 valence electrons. The van der Waals surface area contributed by atoms with Crippen molar-refractivity contribution >= 4 is 32.5 Å². The number of halogens is 1. The number of nitrogens with one attached hydrogen (secondary N) is 2. The van der Waals surface area contributed by atoms with Crippen LogP contribution in [0, 0.1) is 5.82 Å². The molecule has 0 aliphatic carbocycles. The number of amides is 1. The van der Waals surface area contributed by atoms with Crippen molar-refractivity contribution in [3.63, 3.8) is 0 Å². The third kappa shape index (κ3) is 6.37. The molecule has 0 atom stereocenters. The van der Waals surface area contributed by atoms with Crippen molar-refractivity contribution in [3.8, 4) is 0 Å². The van der Waals surface area contributed by atoms with Crippen molar-refractivity contribution in [1.29, 1.82) is 0 Å². The quantitative estimate of drug-likeness (QED) is 0.404. The van der Waals surface area contributed by atoms with Crippen molar-refractivity contribution < 1.29 is 17.6 Å². The van der Waals surface area contributed by atoms with E-state index < -0.39 is 21.5 Å². The van der Waals surface area contributed by atoms with Crippen LogP contribution in [0.3, 0.4) is 0 Å². The molecule has 2 N–H and O–H groups in total. The molecule has 0 spiro atoms. The van der Waals surface area contributed by atoms with Crippen LogP contribution in [0.25, 0.3) is 10.9 Å².